The first kappa shape index (κ1) is 9.03. The van der Waals surface area contributed by atoms with E-state index in [-0.39, 0.29) is 6.10 Å². The van der Waals surface area contributed by atoms with Crippen molar-refractivity contribution in [2.75, 3.05) is 6.61 Å². The molecule has 0 saturated carbocycles. The highest BCUT2D eigenvalue weighted by Crippen LogP contribution is 2.22. The van der Waals surface area contributed by atoms with Gasteiger partial charge in [-0.3, -0.25) is 0 Å². The molecule has 0 aromatic heterocycles. The molecule has 13 heavy (non-hydrogen) atoms. The minimum absolute atomic E-state index is 0.147. The summed E-state index contributed by atoms with van der Waals surface area (Å²) in [7, 11) is 0. The third kappa shape index (κ3) is 2.45. The lowest BCUT2D eigenvalue weighted by atomic mass is 10.3. The molecule has 1 heterocycles. The maximum Gasteiger partial charge on any atom is 0.124 e. The molecule has 0 radical (unpaired) electrons. The number of hydrogen-bond donors (Lipinski definition) is 0. The summed E-state index contributed by atoms with van der Waals surface area (Å²) in [5.74, 6) is 0.886. The fraction of sp³-hybridized carbons (Fsp3) is 0.400. The van der Waals surface area contributed by atoms with Gasteiger partial charge < -0.3 is 9.47 Å². The van der Waals surface area contributed by atoms with Crippen molar-refractivity contribution >= 4 is 15.9 Å². The molecule has 1 aliphatic rings. The van der Waals surface area contributed by atoms with Crippen LogP contribution in [0.25, 0.3) is 0 Å². The summed E-state index contributed by atoms with van der Waals surface area (Å²) in [6.07, 6.45) is 0.438. The lowest BCUT2D eigenvalue weighted by Crippen LogP contribution is -2.18. The smallest absolute Gasteiger partial charge is 0.124 e. The molecule has 1 aromatic rings. The molecule has 0 unspecified atom stereocenters. The second kappa shape index (κ2) is 3.68. The van der Waals surface area contributed by atoms with E-state index in [2.05, 4.69) is 15.9 Å². The summed E-state index contributed by atoms with van der Waals surface area (Å²) in [5.41, 5.74) is 0. The van der Waals surface area contributed by atoms with Crippen molar-refractivity contribution in [3.63, 3.8) is 0 Å². The standard InChI is InChI=1S/C10H11BrO2/c1-7(10-6-12-10)13-9-4-2-3-8(11)5-9/h2-5,7,10H,6H2,1H3/t7-,10+/m0/s1. The summed E-state index contributed by atoms with van der Waals surface area (Å²) >= 11 is 3.39. The third-order valence-corrected chi connectivity index (χ3v) is 2.49. The largest absolute Gasteiger partial charge is 0.488 e. The van der Waals surface area contributed by atoms with E-state index in [1.165, 1.54) is 0 Å². The molecule has 70 valence electrons. The molecule has 0 aliphatic carbocycles. The van der Waals surface area contributed by atoms with E-state index in [0.29, 0.717) is 6.10 Å². The number of halogens is 1. The predicted molar refractivity (Wildman–Crippen MR) is 54.0 cm³/mol. The molecule has 1 aromatic carbocycles. The van der Waals surface area contributed by atoms with Gasteiger partial charge in [0.2, 0.25) is 0 Å². The Bertz CT molecular complexity index is 297. The van der Waals surface area contributed by atoms with Crippen molar-refractivity contribution in [1.29, 1.82) is 0 Å². The van der Waals surface area contributed by atoms with E-state index in [4.69, 9.17) is 9.47 Å². The zero-order valence-electron chi connectivity index (χ0n) is 7.37. The zero-order valence-corrected chi connectivity index (χ0v) is 8.95. The highest BCUT2D eigenvalue weighted by atomic mass is 79.9. The highest BCUT2D eigenvalue weighted by Gasteiger charge is 2.30. The molecule has 2 atom stereocenters. The molecule has 0 bridgehead atoms. The molecule has 3 heteroatoms. The van der Waals surface area contributed by atoms with Gasteiger partial charge in [0.05, 0.1) is 6.61 Å². The number of epoxide rings is 1. The maximum atomic E-state index is 5.66. The van der Waals surface area contributed by atoms with Gasteiger partial charge in [0, 0.05) is 4.47 Å². The predicted octanol–water partition coefficient (Wildman–Crippen LogP) is 2.62. The Morgan fingerprint density at radius 1 is 1.62 bits per heavy atom. The van der Waals surface area contributed by atoms with Crippen LogP contribution in [0.5, 0.6) is 5.75 Å². The van der Waals surface area contributed by atoms with Crippen molar-refractivity contribution < 1.29 is 9.47 Å². The molecule has 1 fully saturated rings. The Hall–Kier alpha value is -0.540. The second-order valence-corrected chi connectivity index (χ2v) is 4.07. The fourth-order valence-corrected chi connectivity index (χ4v) is 1.54. The molecular formula is C10H11BrO2. The van der Waals surface area contributed by atoms with E-state index in [1.807, 2.05) is 31.2 Å². The van der Waals surface area contributed by atoms with Crippen molar-refractivity contribution in [3.05, 3.63) is 28.7 Å². The Morgan fingerprint density at radius 2 is 2.38 bits per heavy atom. The number of benzene rings is 1. The van der Waals surface area contributed by atoms with Gasteiger partial charge in [-0.05, 0) is 25.1 Å². The Labute approximate surface area is 86.0 Å². The SMILES string of the molecule is C[C@H](Oc1cccc(Br)c1)[C@H]1CO1. The average Bonchev–Trinajstić information content (AvgIpc) is 2.85. The number of ether oxygens (including phenoxy) is 2. The molecule has 1 saturated heterocycles. The van der Waals surface area contributed by atoms with Crippen molar-refractivity contribution in [2.45, 2.75) is 19.1 Å². The summed E-state index contributed by atoms with van der Waals surface area (Å²) in [5, 5.41) is 0. The van der Waals surface area contributed by atoms with Crippen molar-refractivity contribution in [2.24, 2.45) is 0 Å². The van der Waals surface area contributed by atoms with Crippen LogP contribution in [0.3, 0.4) is 0 Å². The monoisotopic (exact) mass is 242 g/mol. The summed E-state index contributed by atoms with van der Waals surface area (Å²) < 4.78 is 11.8. The Kier molecular flexibility index (Phi) is 2.56. The summed E-state index contributed by atoms with van der Waals surface area (Å²) in [6.45, 7) is 2.85. The third-order valence-electron chi connectivity index (χ3n) is 2.00. The first-order chi connectivity index (χ1) is 6.25. The lowest BCUT2D eigenvalue weighted by molar-refractivity contribution is 0.176. The summed E-state index contributed by atoms with van der Waals surface area (Å²) in [6, 6.07) is 7.84. The van der Waals surface area contributed by atoms with Crippen LogP contribution in [0, 0.1) is 0 Å². The normalized spacial score (nSPS) is 22.5. The van der Waals surface area contributed by atoms with Crippen LogP contribution in [0.2, 0.25) is 0 Å². The van der Waals surface area contributed by atoms with Gasteiger partial charge in [0.1, 0.15) is 18.0 Å². The maximum absolute atomic E-state index is 5.66. The van der Waals surface area contributed by atoms with Crippen LogP contribution in [0.1, 0.15) is 6.92 Å². The van der Waals surface area contributed by atoms with Crippen LogP contribution in [0.15, 0.2) is 28.7 Å². The molecular weight excluding hydrogens is 232 g/mol. The second-order valence-electron chi connectivity index (χ2n) is 3.15. The molecule has 1 aliphatic heterocycles. The van der Waals surface area contributed by atoms with Gasteiger partial charge in [0.15, 0.2) is 0 Å². The van der Waals surface area contributed by atoms with E-state index >= 15 is 0 Å². The van der Waals surface area contributed by atoms with Crippen LogP contribution >= 0.6 is 15.9 Å². The lowest BCUT2D eigenvalue weighted by Gasteiger charge is -2.11. The van der Waals surface area contributed by atoms with Gasteiger partial charge in [-0.2, -0.15) is 0 Å². The average molecular weight is 243 g/mol. The van der Waals surface area contributed by atoms with Crippen LogP contribution in [-0.4, -0.2) is 18.8 Å². The molecule has 2 rings (SSSR count). The van der Waals surface area contributed by atoms with E-state index in [9.17, 15) is 0 Å². The minimum atomic E-state index is 0.147. The van der Waals surface area contributed by atoms with E-state index in [0.717, 1.165) is 16.8 Å². The van der Waals surface area contributed by atoms with Crippen LogP contribution in [0.4, 0.5) is 0 Å². The Balaban J connectivity index is 2.00. The number of hydrogen-bond acceptors (Lipinski definition) is 2. The van der Waals surface area contributed by atoms with Crippen LogP contribution < -0.4 is 4.74 Å². The fourth-order valence-electron chi connectivity index (χ4n) is 1.16. The first-order valence-corrected chi connectivity index (χ1v) is 5.09. The molecule has 0 amide bonds. The van der Waals surface area contributed by atoms with Crippen LogP contribution in [-0.2, 0) is 4.74 Å². The van der Waals surface area contributed by atoms with Gasteiger partial charge >= 0.3 is 0 Å². The quantitative estimate of drug-likeness (QED) is 0.761. The first-order valence-electron chi connectivity index (χ1n) is 4.29. The van der Waals surface area contributed by atoms with Crippen molar-refractivity contribution in [3.8, 4) is 5.75 Å². The Morgan fingerprint density at radius 3 is 3.00 bits per heavy atom. The molecule has 0 spiro atoms. The van der Waals surface area contributed by atoms with E-state index < -0.39 is 0 Å². The topological polar surface area (TPSA) is 21.8 Å². The van der Waals surface area contributed by atoms with Crippen molar-refractivity contribution in [1.82, 2.24) is 0 Å². The summed E-state index contributed by atoms with van der Waals surface area (Å²) in [4.78, 5) is 0. The molecule has 0 N–H and O–H groups in total. The van der Waals surface area contributed by atoms with Gasteiger partial charge in [-0.1, -0.05) is 22.0 Å². The minimum Gasteiger partial charge on any atom is -0.488 e. The number of rotatable bonds is 3. The van der Waals surface area contributed by atoms with Gasteiger partial charge in [-0.15, -0.1) is 0 Å². The highest BCUT2D eigenvalue weighted by molar-refractivity contribution is 9.10. The molecule has 2 nitrogen and oxygen atoms in total. The van der Waals surface area contributed by atoms with Gasteiger partial charge in [0.25, 0.3) is 0 Å². The zero-order chi connectivity index (χ0) is 9.26. The van der Waals surface area contributed by atoms with Gasteiger partial charge in [-0.25, -0.2) is 0 Å². The van der Waals surface area contributed by atoms with E-state index in [1.54, 1.807) is 0 Å².